The van der Waals surface area contributed by atoms with Crippen molar-refractivity contribution in [2.45, 2.75) is 53.1 Å². The zero-order valence-electron chi connectivity index (χ0n) is 18.2. The molecule has 0 unspecified atom stereocenters. The minimum absolute atomic E-state index is 0.0347. The highest BCUT2D eigenvalue weighted by atomic mass is 16.5. The lowest BCUT2D eigenvalue weighted by molar-refractivity contribution is -0.129. The van der Waals surface area contributed by atoms with Crippen LogP contribution in [-0.4, -0.2) is 55.5 Å². The Kier molecular flexibility index (Phi) is 7.17. The maximum absolute atomic E-state index is 12.8. The molecule has 0 aliphatic carbocycles. The van der Waals surface area contributed by atoms with Crippen LogP contribution in [0.15, 0.2) is 18.2 Å². The van der Waals surface area contributed by atoms with Gasteiger partial charge in [0.25, 0.3) is 5.91 Å². The number of rotatable bonds is 7. The van der Waals surface area contributed by atoms with Crippen LogP contribution in [0, 0.1) is 18.8 Å². The Morgan fingerprint density at radius 3 is 2.66 bits per heavy atom. The zero-order chi connectivity index (χ0) is 21.0. The molecule has 1 aromatic carbocycles. The van der Waals surface area contributed by atoms with E-state index in [0.29, 0.717) is 24.4 Å². The van der Waals surface area contributed by atoms with E-state index in [4.69, 9.17) is 4.74 Å². The molecule has 6 heteroatoms. The molecule has 0 saturated carbocycles. The summed E-state index contributed by atoms with van der Waals surface area (Å²) in [6.45, 7) is 12.5. The first-order chi connectivity index (χ1) is 13.9. The Labute approximate surface area is 174 Å². The molecule has 1 aromatic rings. The Morgan fingerprint density at radius 2 is 1.97 bits per heavy atom. The van der Waals surface area contributed by atoms with E-state index in [9.17, 15) is 9.59 Å². The molecule has 0 bridgehead atoms. The number of aryl methyl sites for hydroxylation is 1. The normalized spacial score (nSPS) is 24.8. The molecule has 29 heavy (non-hydrogen) atoms. The van der Waals surface area contributed by atoms with Gasteiger partial charge in [-0.15, -0.1) is 0 Å². The van der Waals surface area contributed by atoms with Gasteiger partial charge in [0.15, 0.2) is 6.10 Å². The van der Waals surface area contributed by atoms with E-state index in [2.05, 4.69) is 24.1 Å². The van der Waals surface area contributed by atoms with Crippen molar-refractivity contribution in [1.29, 1.82) is 0 Å². The van der Waals surface area contributed by atoms with Crippen LogP contribution in [0.5, 0.6) is 5.75 Å². The van der Waals surface area contributed by atoms with Crippen LogP contribution in [0.1, 0.15) is 45.6 Å². The minimum Gasteiger partial charge on any atom is -0.478 e. The molecule has 0 radical (unpaired) electrons. The first-order valence-corrected chi connectivity index (χ1v) is 10.9. The minimum atomic E-state index is -0.527. The number of anilines is 1. The number of nitrogens with one attached hydrogen (secondary N) is 1. The van der Waals surface area contributed by atoms with Gasteiger partial charge in [0, 0.05) is 19.6 Å². The van der Waals surface area contributed by atoms with Gasteiger partial charge >= 0.3 is 0 Å². The Balaban J connectivity index is 1.52. The lowest BCUT2D eigenvalue weighted by Gasteiger charge is -2.35. The van der Waals surface area contributed by atoms with Gasteiger partial charge in [0.05, 0.1) is 5.69 Å². The van der Waals surface area contributed by atoms with Crippen LogP contribution < -0.4 is 15.0 Å². The highest BCUT2D eigenvalue weighted by molar-refractivity contribution is 6.03. The van der Waals surface area contributed by atoms with Crippen molar-refractivity contribution in [3.63, 3.8) is 0 Å². The van der Waals surface area contributed by atoms with Crippen LogP contribution in [0.3, 0.4) is 0 Å². The molecule has 3 atom stereocenters. The number of likely N-dealkylation sites (tertiary alicyclic amines) is 1. The molecule has 2 aliphatic heterocycles. The molecule has 1 saturated heterocycles. The van der Waals surface area contributed by atoms with Crippen molar-refractivity contribution in [2.75, 3.05) is 37.6 Å². The second kappa shape index (κ2) is 9.61. The summed E-state index contributed by atoms with van der Waals surface area (Å²) < 4.78 is 5.81. The van der Waals surface area contributed by atoms with E-state index < -0.39 is 6.10 Å². The third kappa shape index (κ3) is 5.50. The summed E-state index contributed by atoms with van der Waals surface area (Å²) in [6, 6.07) is 5.75. The highest BCUT2D eigenvalue weighted by Gasteiger charge is 2.34. The topological polar surface area (TPSA) is 61.9 Å². The second-order valence-electron chi connectivity index (χ2n) is 8.82. The number of hydrogen-bond donors (Lipinski definition) is 1. The van der Waals surface area contributed by atoms with Crippen molar-refractivity contribution < 1.29 is 14.3 Å². The molecule has 2 heterocycles. The number of nitrogens with zero attached hydrogens (tertiary/aromatic N) is 2. The lowest BCUT2D eigenvalue weighted by atomic mass is 9.92. The van der Waals surface area contributed by atoms with E-state index in [1.807, 2.05) is 32.0 Å². The maximum atomic E-state index is 12.8. The number of hydrogen-bond acceptors (Lipinski definition) is 4. The molecule has 2 aliphatic rings. The summed E-state index contributed by atoms with van der Waals surface area (Å²) in [5, 5.41) is 2.99. The largest absolute Gasteiger partial charge is 0.478 e. The molecule has 6 nitrogen and oxygen atoms in total. The van der Waals surface area contributed by atoms with Gasteiger partial charge in [0.1, 0.15) is 12.3 Å². The summed E-state index contributed by atoms with van der Waals surface area (Å²) in [5.74, 6) is 1.90. The predicted octanol–water partition coefficient (Wildman–Crippen LogP) is 2.98. The quantitative estimate of drug-likeness (QED) is 0.714. The van der Waals surface area contributed by atoms with Crippen LogP contribution in [0.4, 0.5) is 5.69 Å². The van der Waals surface area contributed by atoms with Crippen LogP contribution in [0.25, 0.3) is 0 Å². The van der Waals surface area contributed by atoms with E-state index >= 15 is 0 Å². The van der Waals surface area contributed by atoms with E-state index in [-0.39, 0.29) is 18.4 Å². The molecule has 1 fully saturated rings. The maximum Gasteiger partial charge on any atom is 0.268 e. The average molecular weight is 402 g/mol. The SMILES string of the molecule is CC[C@H]1Oc2ccc(C)cc2N(CC(=O)NCCCN2C[C@H](C)C[C@H](C)C2)C1=O. The molecular formula is C23H35N3O3. The summed E-state index contributed by atoms with van der Waals surface area (Å²) in [5.41, 5.74) is 1.72. The molecule has 2 amide bonds. The van der Waals surface area contributed by atoms with Gasteiger partial charge in [-0.1, -0.05) is 26.8 Å². The van der Waals surface area contributed by atoms with Crippen molar-refractivity contribution in [2.24, 2.45) is 11.8 Å². The number of carbonyl (C=O) groups is 2. The standard InChI is InChI=1S/C23H35N3O3/c1-5-20-23(28)26(19-12-16(2)7-8-21(19)29-20)15-22(27)24-9-6-10-25-13-17(3)11-18(4)14-25/h7-8,12,17-18,20H,5-6,9-11,13-15H2,1-4H3,(H,24,27)/t17-,18+,20-/m1/s1. The fourth-order valence-electron chi connectivity index (χ4n) is 4.56. The van der Waals surface area contributed by atoms with Crippen molar-refractivity contribution in [3.8, 4) is 5.75 Å². The molecular weight excluding hydrogens is 366 g/mol. The molecule has 0 spiro atoms. The van der Waals surface area contributed by atoms with Crippen LogP contribution >= 0.6 is 0 Å². The third-order valence-corrected chi connectivity index (χ3v) is 5.81. The number of carbonyl (C=O) groups excluding carboxylic acids is 2. The van der Waals surface area contributed by atoms with Crippen molar-refractivity contribution in [3.05, 3.63) is 23.8 Å². The summed E-state index contributed by atoms with van der Waals surface area (Å²) in [7, 11) is 0. The van der Waals surface area contributed by atoms with Crippen LogP contribution in [0.2, 0.25) is 0 Å². The van der Waals surface area contributed by atoms with Gasteiger partial charge in [-0.25, -0.2) is 0 Å². The Hall–Kier alpha value is -2.08. The van der Waals surface area contributed by atoms with Crippen LogP contribution in [-0.2, 0) is 9.59 Å². The van der Waals surface area contributed by atoms with Gasteiger partial charge in [0.2, 0.25) is 5.91 Å². The third-order valence-electron chi connectivity index (χ3n) is 5.81. The predicted molar refractivity (Wildman–Crippen MR) is 115 cm³/mol. The Bertz CT molecular complexity index is 726. The summed E-state index contributed by atoms with van der Waals surface area (Å²) in [6.07, 6.45) is 2.29. The van der Waals surface area contributed by atoms with Crippen molar-refractivity contribution >= 4 is 17.5 Å². The highest BCUT2D eigenvalue weighted by Crippen LogP contribution is 2.35. The molecule has 0 aromatic heterocycles. The summed E-state index contributed by atoms with van der Waals surface area (Å²) >= 11 is 0. The monoisotopic (exact) mass is 401 g/mol. The molecule has 3 rings (SSSR count). The summed E-state index contributed by atoms with van der Waals surface area (Å²) in [4.78, 5) is 29.4. The average Bonchev–Trinajstić information content (AvgIpc) is 2.67. The molecule has 160 valence electrons. The van der Waals surface area contributed by atoms with Gasteiger partial charge in [-0.3, -0.25) is 14.5 Å². The first-order valence-electron chi connectivity index (χ1n) is 10.9. The van der Waals surface area contributed by atoms with Gasteiger partial charge < -0.3 is 15.0 Å². The number of amides is 2. The number of ether oxygens (including phenoxy) is 1. The van der Waals surface area contributed by atoms with Gasteiger partial charge in [-0.2, -0.15) is 0 Å². The zero-order valence-corrected chi connectivity index (χ0v) is 18.2. The van der Waals surface area contributed by atoms with Gasteiger partial charge in [-0.05, 0) is 62.3 Å². The fourth-order valence-corrected chi connectivity index (χ4v) is 4.56. The fraction of sp³-hybridized carbons (Fsp3) is 0.652. The lowest BCUT2D eigenvalue weighted by Crippen LogP contribution is -2.49. The number of piperidine rings is 1. The first kappa shape index (κ1) is 21.6. The van der Waals surface area contributed by atoms with E-state index in [0.717, 1.165) is 43.5 Å². The Morgan fingerprint density at radius 1 is 1.24 bits per heavy atom. The molecule has 1 N–H and O–H groups in total. The van der Waals surface area contributed by atoms with E-state index in [1.165, 1.54) is 6.42 Å². The number of benzene rings is 1. The van der Waals surface area contributed by atoms with E-state index in [1.54, 1.807) is 4.90 Å². The smallest absolute Gasteiger partial charge is 0.268 e. The number of fused-ring (bicyclic) bond motifs is 1. The second-order valence-corrected chi connectivity index (χ2v) is 8.82. The van der Waals surface area contributed by atoms with Crippen molar-refractivity contribution in [1.82, 2.24) is 10.2 Å².